The summed E-state index contributed by atoms with van der Waals surface area (Å²) in [6.07, 6.45) is 3.11. The van der Waals surface area contributed by atoms with Gasteiger partial charge < -0.3 is 19.2 Å². The van der Waals surface area contributed by atoms with Crippen molar-refractivity contribution in [1.29, 1.82) is 0 Å². The zero-order valence-electron chi connectivity index (χ0n) is 19.6. The van der Waals surface area contributed by atoms with Crippen LogP contribution in [-0.4, -0.2) is 25.6 Å². The first-order valence-electron chi connectivity index (χ1n) is 11.0. The molecule has 0 radical (unpaired) electrons. The third-order valence-corrected chi connectivity index (χ3v) is 5.48. The molecule has 1 aromatic heterocycles. The minimum absolute atomic E-state index is 0.314. The van der Waals surface area contributed by atoms with E-state index in [2.05, 4.69) is 10.1 Å². The van der Waals surface area contributed by atoms with Gasteiger partial charge in [-0.15, -0.1) is 0 Å². The summed E-state index contributed by atoms with van der Waals surface area (Å²) in [5, 5.41) is 3.61. The molecule has 0 bridgehead atoms. The van der Waals surface area contributed by atoms with Gasteiger partial charge in [-0.25, -0.2) is 9.18 Å². The lowest BCUT2D eigenvalue weighted by Gasteiger charge is -2.12. The van der Waals surface area contributed by atoms with Gasteiger partial charge in [-0.1, -0.05) is 12.1 Å². The molecule has 0 aliphatic carbocycles. The Morgan fingerprint density at radius 1 is 1.06 bits per heavy atom. The van der Waals surface area contributed by atoms with Crippen LogP contribution in [0.2, 0.25) is 0 Å². The predicted molar refractivity (Wildman–Crippen MR) is 133 cm³/mol. The maximum atomic E-state index is 13.4. The second-order valence-corrected chi connectivity index (χ2v) is 7.82. The second kappa shape index (κ2) is 10.3. The molecule has 0 spiro atoms. The molecule has 178 valence electrons. The number of hydrogen-bond acceptors (Lipinski definition) is 5. The van der Waals surface area contributed by atoms with Gasteiger partial charge in [-0.3, -0.25) is 4.79 Å². The van der Waals surface area contributed by atoms with Crippen molar-refractivity contribution < 1.29 is 27.9 Å². The number of anilines is 1. The van der Waals surface area contributed by atoms with Gasteiger partial charge in [0.05, 0.1) is 25.5 Å². The number of benzene rings is 3. The number of methoxy groups -OCH3 is 1. The summed E-state index contributed by atoms with van der Waals surface area (Å²) in [6, 6.07) is 16.3. The fraction of sp³-hybridized carbons (Fsp3) is 0.143. The van der Waals surface area contributed by atoms with Gasteiger partial charge in [-0.05, 0) is 67.4 Å². The number of carbonyl (C=O) groups excluding carboxylic acids is 2. The van der Waals surface area contributed by atoms with Gasteiger partial charge in [0.2, 0.25) is 5.91 Å². The van der Waals surface area contributed by atoms with Crippen molar-refractivity contribution in [3.8, 4) is 16.9 Å². The summed E-state index contributed by atoms with van der Waals surface area (Å²) < 4.78 is 29.6. The van der Waals surface area contributed by atoms with E-state index in [0.717, 1.165) is 22.1 Å². The van der Waals surface area contributed by atoms with Crippen molar-refractivity contribution in [3.05, 3.63) is 89.9 Å². The summed E-state index contributed by atoms with van der Waals surface area (Å²) in [4.78, 5) is 24.3. The molecule has 7 heteroatoms. The molecule has 0 aliphatic heterocycles. The molecule has 4 aromatic rings. The Labute approximate surface area is 202 Å². The van der Waals surface area contributed by atoms with Crippen LogP contribution in [0.4, 0.5) is 10.1 Å². The molecule has 3 aromatic carbocycles. The Hall–Kier alpha value is -4.39. The Morgan fingerprint density at radius 2 is 1.77 bits per heavy atom. The average Bonchev–Trinajstić information content (AvgIpc) is 3.27. The van der Waals surface area contributed by atoms with Crippen LogP contribution in [0.1, 0.15) is 29.8 Å². The Balaban J connectivity index is 1.65. The highest BCUT2D eigenvalue weighted by Gasteiger charge is 2.15. The maximum Gasteiger partial charge on any atom is 0.337 e. The minimum Gasteiger partial charge on any atom is -0.493 e. The van der Waals surface area contributed by atoms with Gasteiger partial charge in [0.15, 0.2) is 0 Å². The zero-order valence-corrected chi connectivity index (χ0v) is 19.6. The topological polar surface area (TPSA) is 77.8 Å². The van der Waals surface area contributed by atoms with Crippen molar-refractivity contribution in [2.24, 2.45) is 0 Å². The first-order chi connectivity index (χ1) is 16.9. The summed E-state index contributed by atoms with van der Waals surface area (Å²) in [7, 11) is 1.31. The molecule has 1 amide bonds. The van der Waals surface area contributed by atoms with Crippen LogP contribution in [0.15, 0.2) is 77.4 Å². The van der Waals surface area contributed by atoms with E-state index >= 15 is 0 Å². The number of allylic oxidation sites excluding steroid dienone is 1. The van der Waals surface area contributed by atoms with Gasteiger partial charge in [0, 0.05) is 34.3 Å². The van der Waals surface area contributed by atoms with E-state index in [4.69, 9.17) is 9.15 Å². The van der Waals surface area contributed by atoms with Crippen molar-refractivity contribution in [2.45, 2.75) is 13.8 Å². The Bertz CT molecular complexity index is 1400. The molecule has 0 aliphatic rings. The van der Waals surface area contributed by atoms with Gasteiger partial charge in [0.1, 0.15) is 17.1 Å². The fourth-order valence-corrected chi connectivity index (χ4v) is 3.75. The van der Waals surface area contributed by atoms with Crippen LogP contribution in [0.3, 0.4) is 0 Å². The zero-order chi connectivity index (χ0) is 24.9. The quantitative estimate of drug-likeness (QED) is 0.246. The molecule has 1 N–H and O–H groups in total. The van der Waals surface area contributed by atoms with Crippen molar-refractivity contribution in [1.82, 2.24) is 0 Å². The van der Waals surface area contributed by atoms with Crippen LogP contribution in [0.25, 0.3) is 27.7 Å². The molecular weight excluding hydrogens is 449 g/mol. The number of carbonyl (C=O) groups is 2. The summed E-state index contributed by atoms with van der Waals surface area (Å²) >= 11 is 0. The fourth-order valence-electron chi connectivity index (χ4n) is 3.75. The number of fused-ring (bicyclic) bond motifs is 1. The van der Waals surface area contributed by atoms with E-state index in [1.165, 1.54) is 25.3 Å². The molecular formula is C28H24FNO5. The van der Waals surface area contributed by atoms with Crippen molar-refractivity contribution >= 4 is 34.1 Å². The average molecular weight is 474 g/mol. The van der Waals surface area contributed by atoms with Crippen molar-refractivity contribution in [3.63, 3.8) is 0 Å². The molecule has 0 atom stereocenters. The highest BCUT2D eigenvalue weighted by molar-refractivity contribution is 6.05. The largest absolute Gasteiger partial charge is 0.493 e. The number of esters is 1. The molecule has 0 unspecified atom stereocenters. The second-order valence-electron chi connectivity index (χ2n) is 7.82. The first-order valence-corrected chi connectivity index (χ1v) is 11.0. The van der Waals surface area contributed by atoms with E-state index in [0.29, 0.717) is 34.8 Å². The highest BCUT2D eigenvalue weighted by atomic mass is 19.1. The molecule has 35 heavy (non-hydrogen) atoms. The normalized spacial score (nSPS) is 11.4. The summed E-state index contributed by atoms with van der Waals surface area (Å²) in [5.74, 6) is -0.506. The Kier molecular flexibility index (Phi) is 6.96. The lowest BCUT2D eigenvalue weighted by molar-refractivity contribution is -0.111. The molecule has 0 saturated carbocycles. The highest BCUT2D eigenvalue weighted by Crippen LogP contribution is 2.37. The number of nitrogens with one attached hydrogen (secondary N) is 1. The van der Waals surface area contributed by atoms with Gasteiger partial charge >= 0.3 is 5.97 Å². The summed E-state index contributed by atoms with van der Waals surface area (Å²) in [6.45, 7) is 4.14. The standard InChI is InChI=1S/C28H24FNO5/c1-4-34-25-15-26-23(24(16-35-26)18-5-9-20(29)10-6-18)14-22(25)17(2)13-27(31)30-21-11-7-19(8-12-21)28(32)33-3/h5-16H,4H2,1-3H3,(H,30,31)/b17-13+. The number of hydrogen-bond donors (Lipinski definition) is 1. The minimum atomic E-state index is -0.447. The lowest BCUT2D eigenvalue weighted by Crippen LogP contribution is -2.09. The predicted octanol–water partition coefficient (Wildman–Crippen LogP) is 6.47. The third-order valence-electron chi connectivity index (χ3n) is 5.48. The smallest absolute Gasteiger partial charge is 0.337 e. The molecule has 6 nitrogen and oxygen atoms in total. The molecule has 1 heterocycles. The number of amides is 1. The van der Waals surface area contributed by atoms with E-state index in [1.54, 1.807) is 48.7 Å². The molecule has 0 fully saturated rings. The van der Waals surface area contributed by atoms with Crippen LogP contribution < -0.4 is 10.1 Å². The van der Waals surface area contributed by atoms with Crippen LogP contribution in [-0.2, 0) is 9.53 Å². The number of furan rings is 1. The molecule has 0 saturated heterocycles. The SMILES string of the molecule is CCOc1cc2occ(-c3ccc(F)cc3)c2cc1/C(C)=C/C(=O)Nc1ccc(C(=O)OC)cc1. The Morgan fingerprint density at radius 3 is 2.43 bits per heavy atom. The lowest BCUT2D eigenvalue weighted by atomic mass is 9.99. The number of ether oxygens (including phenoxy) is 2. The van der Waals surface area contributed by atoms with Crippen LogP contribution >= 0.6 is 0 Å². The molecule has 4 rings (SSSR count). The van der Waals surface area contributed by atoms with Gasteiger partial charge in [-0.2, -0.15) is 0 Å². The van der Waals surface area contributed by atoms with E-state index in [1.807, 2.05) is 19.9 Å². The number of rotatable bonds is 7. The summed E-state index contributed by atoms with van der Waals surface area (Å²) in [5.41, 5.74) is 4.61. The van der Waals surface area contributed by atoms with Gasteiger partial charge in [0.25, 0.3) is 0 Å². The maximum absolute atomic E-state index is 13.4. The van der Waals surface area contributed by atoms with E-state index < -0.39 is 5.97 Å². The monoisotopic (exact) mass is 473 g/mol. The van der Waals surface area contributed by atoms with E-state index in [-0.39, 0.29) is 11.7 Å². The van der Waals surface area contributed by atoms with E-state index in [9.17, 15) is 14.0 Å². The first kappa shape index (κ1) is 23.8. The third kappa shape index (κ3) is 5.24. The van der Waals surface area contributed by atoms with Crippen molar-refractivity contribution in [2.75, 3.05) is 19.0 Å². The van der Waals surface area contributed by atoms with Crippen LogP contribution in [0.5, 0.6) is 5.75 Å². The van der Waals surface area contributed by atoms with Crippen LogP contribution in [0, 0.1) is 5.82 Å². The number of halogens is 1.